The highest BCUT2D eigenvalue weighted by Crippen LogP contribution is 2.30. The number of ether oxygens (including phenoxy) is 1. The number of urea groups is 1. The Labute approximate surface area is 215 Å². The lowest BCUT2D eigenvalue weighted by atomic mass is 10.0. The average Bonchev–Trinajstić information content (AvgIpc) is 3.30. The van der Waals surface area contributed by atoms with E-state index in [2.05, 4.69) is 33.2 Å². The molecular formula is C29H27N5O3. The van der Waals surface area contributed by atoms with Gasteiger partial charge < -0.3 is 19.5 Å². The molecule has 2 aliphatic heterocycles. The first-order valence-corrected chi connectivity index (χ1v) is 12.3. The summed E-state index contributed by atoms with van der Waals surface area (Å²) in [5.41, 5.74) is 5.65. The Bertz CT molecular complexity index is 1490. The van der Waals surface area contributed by atoms with E-state index in [1.165, 1.54) is 0 Å². The summed E-state index contributed by atoms with van der Waals surface area (Å²) in [6.07, 6.45) is 3.70. The monoisotopic (exact) mass is 493 g/mol. The maximum absolute atomic E-state index is 13.7. The summed E-state index contributed by atoms with van der Waals surface area (Å²) in [7, 11) is 0. The molecule has 0 spiro atoms. The number of para-hydroxylation sites is 1. The minimum absolute atomic E-state index is 0.0446. The minimum Gasteiger partial charge on any atom is -0.488 e. The Morgan fingerprint density at radius 2 is 1.89 bits per heavy atom. The molecule has 4 heterocycles. The molecule has 8 nitrogen and oxygen atoms in total. The van der Waals surface area contributed by atoms with Crippen molar-refractivity contribution >= 4 is 23.4 Å². The fourth-order valence-corrected chi connectivity index (χ4v) is 4.96. The fraction of sp³-hybridized carbons (Fsp3) is 0.207. The molecule has 8 heteroatoms. The number of fused-ring (bicyclic) bond motifs is 3. The summed E-state index contributed by atoms with van der Waals surface area (Å²) in [5.74, 6) is 1.08. The molecule has 2 aliphatic rings. The molecule has 6 rings (SSSR count). The molecule has 0 atom stereocenters. The summed E-state index contributed by atoms with van der Waals surface area (Å²) in [5, 5.41) is 2.99. The third-order valence-electron chi connectivity index (χ3n) is 6.96. The Kier molecular flexibility index (Phi) is 5.84. The summed E-state index contributed by atoms with van der Waals surface area (Å²) in [6.45, 7) is 4.41. The van der Waals surface area contributed by atoms with E-state index < -0.39 is 0 Å². The number of hydrogen-bond acceptors (Lipinski definition) is 4. The topological polar surface area (TPSA) is 79.7 Å². The van der Waals surface area contributed by atoms with Crippen LogP contribution in [0.25, 0.3) is 0 Å². The van der Waals surface area contributed by atoms with Crippen LogP contribution in [0.15, 0.2) is 79.1 Å². The largest absolute Gasteiger partial charge is 0.488 e. The van der Waals surface area contributed by atoms with Crippen molar-refractivity contribution in [1.82, 2.24) is 14.9 Å². The number of nitrogens with zero attached hydrogens (tertiary/aromatic N) is 4. The highest BCUT2D eigenvalue weighted by Gasteiger charge is 2.26. The van der Waals surface area contributed by atoms with Gasteiger partial charge in [-0.25, -0.2) is 9.78 Å². The zero-order valence-corrected chi connectivity index (χ0v) is 20.6. The number of rotatable bonds is 3. The SMILES string of the molecule is Cc1cc(C(=O)N2Cc3cccn3Cc3ccccc32)ccc1CNC(=O)N1CCOc2cccnc21. The first-order chi connectivity index (χ1) is 18.1. The normalized spacial score (nSPS) is 14.1. The third kappa shape index (κ3) is 4.31. The second-order valence-electron chi connectivity index (χ2n) is 9.27. The van der Waals surface area contributed by atoms with E-state index in [1.54, 1.807) is 17.2 Å². The molecule has 3 amide bonds. The van der Waals surface area contributed by atoms with E-state index >= 15 is 0 Å². The molecule has 0 aliphatic carbocycles. The van der Waals surface area contributed by atoms with Gasteiger partial charge in [0, 0.05) is 42.4 Å². The van der Waals surface area contributed by atoms with Crippen LogP contribution in [0.3, 0.4) is 0 Å². The lowest BCUT2D eigenvalue weighted by Gasteiger charge is -2.28. The molecule has 1 N–H and O–H groups in total. The van der Waals surface area contributed by atoms with Gasteiger partial charge in [0.15, 0.2) is 11.6 Å². The third-order valence-corrected chi connectivity index (χ3v) is 6.96. The van der Waals surface area contributed by atoms with E-state index in [0.717, 1.165) is 34.6 Å². The molecule has 0 radical (unpaired) electrons. The van der Waals surface area contributed by atoms with Gasteiger partial charge in [-0.15, -0.1) is 0 Å². The average molecular weight is 494 g/mol. The predicted octanol–water partition coefficient (Wildman–Crippen LogP) is 4.51. The first kappa shape index (κ1) is 22.8. The number of hydrogen-bond donors (Lipinski definition) is 1. The van der Waals surface area contributed by atoms with Crippen LogP contribution in [0, 0.1) is 6.92 Å². The van der Waals surface area contributed by atoms with Gasteiger partial charge >= 0.3 is 6.03 Å². The van der Waals surface area contributed by atoms with E-state index in [1.807, 2.05) is 60.4 Å². The molecule has 186 valence electrons. The van der Waals surface area contributed by atoms with Gasteiger partial charge in [-0.1, -0.05) is 24.3 Å². The summed E-state index contributed by atoms with van der Waals surface area (Å²) in [6, 6.07) is 21.2. The summed E-state index contributed by atoms with van der Waals surface area (Å²) < 4.78 is 7.78. The van der Waals surface area contributed by atoms with Crippen LogP contribution in [0.2, 0.25) is 0 Å². The second kappa shape index (κ2) is 9.46. The first-order valence-electron chi connectivity index (χ1n) is 12.3. The smallest absolute Gasteiger partial charge is 0.323 e. The van der Waals surface area contributed by atoms with Crippen molar-refractivity contribution < 1.29 is 14.3 Å². The van der Waals surface area contributed by atoms with Gasteiger partial charge in [-0.05, 0) is 66.1 Å². The number of aromatic nitrogens is 2. The van der Waals surface area contributed by atoms with Crippen LogP contribution in [0.5, 0.6) is 5.75 Å². The van der Waals surface area contributed by atoms with Crippen molar-refractivity contribution in [2.75, 3.05) is 23.0 Å². The standard InChI is InChI=1S/C29H27N5O3/c1-20-16-21(28(35)34-19-24-7-5-13-32(24)18-23-6-2-3-8-25(23)34)10-11-22(20)17-31-29(36)33-14-15-37-26-9-4-12-30-27(26)33/h2-13,16H,14-15,17-19H2,1H3,(H,31,36). The molecule has 37 heavy (non-hydrogen) atoms. The minimum atomic E-state index is -0.230. The number of nitrogens with one attached hydrogen (secondary N) is 1. The van der Waals surface area contributed by atoms with Gasteiger partial charge in [0.05, 0.1) is 13.1 Å². The Morgan fingerprint density at radius 3 is 2.78 bits per heavy atom. The maximum Gasteiger partial charge on any atom is 0.323 e. The summed E-state index contributed by atoms with van der Waals surface area (Å²) in [4.78, 5) is 34.4. The molecule has 4 aromatic rings. The molecule has 0 unspecified atom stereocenters. The number of pyridine rings is 1. The van der Waals surface area contributed by atoms with Crippen molar-refractivity contribution in [1.29, 1.82) is 0 Å². The van der Waals surface area contributed by atoms with Gasteiger partial charge in [-0.2, -0.15) is 0 Å². The number of amides is 3. The van der Waals surface area contributed by atoms with Crippen molar-refractivity contribution in [3.63, 3.8) is 0 Å². The number of benzene rings is 2. The molecule has 0 bridgehead atoms. The fourth-order valence-electron chi connectivity index (χ4n) is 4.96. The van der Waals surface area contributed by atoms with Gasteiger partial charge in [-0.3, -0.25) is 9.69 Å². The lowest BCUT2D eigenvalue weighted by molar-refractivity contribution is 0.0984. The quantitative estimate of drug-likeness (QED) is 0.456. The Balaban J connectivity index is 1.19. The summed E-state index contributed by atoms with van der Waals surface area (Å²) >= 11 is 0. The van der Waals surface area contributed by atoms with Crippen molar-refractivity contribution in [2.45, 2.75) is 26.6 Å². The van der Waals surface area contributed by atoms with Crippen molar-refractivity contribution in [2.24, 2.45) is 0 Å². The number of carbonyl (C=O) groups is 2. The zero-order chi connectivity index (χ0) is 25.4. The van der Waals surface area contributed by atoms with Crippen LogP contribution in [-0.4, -0.2) is 34.6 Å². The van der Waals surface area contributed by atoms with Crippen LogP contribution >= 0.6 is 0 Å². The number of aryl methyl sites for hydroxylation is 1. The van der Waals surface area contributed by atoms with Crippen LogP contribution < -0.4 is 19.9 Å². The maximum atomic E-state index is 13.7. The lowest BCUT2D eigenvalue weighted by Crippen LogP contribution is -2.44. The van der Waals surface area contributed by atoms with E-state index in [0.29, 0.717) is 43.4 Å². The molecule has 2 aromatic heterocycles. The van der Waals surface area contributed by atoms with Crippen LogP contribution in [0.4, 0.5) is 16.3 Å². The highest BCUT2D eigenvalue weighted by atomic mass is 16.5. The van der Waals surface area contributed by atoms with Crippen molar-refractivity contribution in [3.05, 3.63) is 107 Å². The van der Waals surface area contributed by atoms with Crippen LogP contribution in [0.1, 0.15) is 32.7 Å². The van der Waals surface area contributed by atoms with Gasteiger partial charge in [0.25, 0.3) is 5.91 Å². The molecule has 0 fully saturated rings. The van der Waals surface area contributed by atoms with E-state index in [-0.39, 0.29) is 11.9 Å². The van der Waals surface area contributed by atoms with E-state index in [9.17, 15) is 9.59 Å². The van der Waals surface area contributed by atoms with Gasteiger partial charge in [0.2, 0.25) is 0 Å². The predicted molar refractivity (Wildman–Crippen MR) is 141 cm³/mol. The number of carbonyl (C=O) groups excluding carboxylic acids is 2. The highest BCUT2D eigenvalue weighted by molar-refractivity contribution is 6.06. The molecule has 0 saturated heterocycles. The number of anilines is 2. The van der Waals surface area contributed by atoms with Crippen molar-refractivity contribution in [3.8, 4) is 5.75 Å². The Hall–Kier alpha value is -4.59. The van der Waals surface area contributed by atoms with Crippen LogP contribution in [-0.2, 0) is 19.6 Å². The zero-order valence-electron chi connectivity index (χ0n) is 20.6. The second-order valence-corrected chi connectivity index (χ2v) is 9.27. The Morgan fingerprint density at radius 1 is 1.00 bits per heavy atom. The molecule has 0 saturated carbocycles. The van der Waals surface area contributed by atoms with Gasteiger partial charge in [0.1, 0.15) is 6.61 Å². The molecular weight excluding hydrogens is 466 g/mol. The van der Waals surface area contributed by atoms with E-state index in [4.69, 9.17) is 4.74 Å². The molecule has 2 aromatic carbocycles.